The van der Waals surface area contributed by atoms with Gasteiger partial charge in [-0.3, -0.25) is 4.79 Å². The van der Waals surface area contributed by atoms with Crippen molar-refractivity contribution in [1.82, 2.24) is 5.32 Å². The lowest BCUT2D eigenvalue weighted by atomic mass is 9.62. The summed E-state index contributed by atoms with van der Waals surface area (Å²) in [6.45, 7) is 5.89. The minimum Gasteiger partial charge on any atom is -0.325 e. The van der Waals surface area contributed by atoms with Gasteiger partial charge in [0.2, 0.25) is 5.91 Å². The van der Waals surface area contributed by atoms with E-state index in [-0.39, 0.29) is 26.6 Å². The quantitative estimate of drug-likeness (QED) is 0.344. The summed E-state index contributed by atoms with van der Waals surface area (Å²) in [4.78, 5) is 13.8. The number of hydrogen-bond donors (Lipinski definition) is 2. The van der Waals surface area contributed by atoms with Crippen LogP contribution in [0.5, 0.6) is 0 Å². The second-order valence-electron chi connectivity index (χ2n) is 10.9. The zero-order valence-corrected chi connectivity index (χ0v) is 23.0. The zero-order chi connectivity index (χ0) is 28.5. The highest BCUT2D eigenvalue weighted by molar-refractivity contribution is 6.31. The monoisotopic (exact) mass is 566 g/mol. The molecule has 0 radical (unpaired) electrons. The molecule has 0 saturated carbocycles. The number of carbonyl (C=O) groups excluding carboxylic acids is 1. The molecular formula is C30H26Cl2F2N4O. The zero-order valence-electron chi connectivity index (χ0n) is 21.5. The van der Waals surface area contributed by atoms with E-state index in [2.05, 4.69) is 16.7 Å². The van der Waals surface area contributed by atoms with Gasteiger partial charge in [-0.25, -0.2) is 8.78 Å². The van der Waals surface area contributed by atoms with Crippen molar-refractivity contribution in [2.45, 2.75) is 50.6 Å². The van der Waals surface area contributed by atoms with E-state index in [1.807, 2.05) is 26.8 Å². The third-order valence-corrected chi connectivity index (χ3v) is 7.52. The second kappa shape index (κ2) is 10.9. The fraction of sp³-hybridized carbons (Fsp3) is 0.300. The standard InChI is InChI=1S/C30H26Cl2F2N4O/c1-29(2,3)14-24-30(16-36,21-11-10-18(31)13-23(21)33)25(20-8-5-9-22(32)26(20)34)27(38-24)28(39)37-19-7-4-6-17(12-19)15-35/h4-13,24-25,27,38H,14H2,1-3H3,(H,37,39). The summed E-state index contributed by atoms with van der Waals surface area (Å²) in [7, 11) is 0. The fourth-order valence-corrected chi connectivity index (χ4v) is 5.78. The number of anilines is 1. The molecule has 200 valence electrons. The minimum atomic E-state index is -1.72. The topological polar surface area (TPSA) is 88.7 Å². The van der Waals surface area contributed by atoms with Crippen molar-refractivity contribution in [2.24, 2.45) is 5.41 Å². The van der Waals surface area contributed by atoms with E-state index >= 15 is 8.78 Å². The van der Waals surface area contributed by atoms with Crippen LogP contribution in [-0.4, -0.2) is 18.0 Å². The second-order valence-corrected chi connectivity index (χ2v) is 11.7. The Kier molecular flexibility index (Phi) is 8.00. The van der Waals surface area contributed by atoms with Gasteiger partial charge in [-0.15, -0.1) is 0 Å². The van der Waals surface area contributed by atoms with Gasteiger partial charge in [0.25, 0.3) is 0 Å². The molecule has 1 fully saturated rings. The van der Waals surface area contributed by atoms with Gasteiger partial charge in [0.1, 0.15) is 17.0 Å². The normalized spacial score (nSPS) is 22.6. The number of hydrogen-bond acceptors (Lipinski definition) is 4. The molecule has 3 aromatic rings. The average Bonchev–Trinajstić information content (AvgIpc) is 3.18. The van der Waals surface area contributed by atoms with E-state index in [1.54, 1.807) is 18.2 Å². The molecule has 1 heterocycles. The van der Waals surface area contributed by atoms with Crippen molar-refractivity contribution >= 4 is 34.8 Å². The number of rotatable bonds is 5. The Balaban J connectivity index is 1.96. The van der Waals surface area contributed by atoms with Crippen molar-refractivity contribution in [2.75, 3.05) is 5.32 Å². The van der Waals surface area contributed by atoms with Crippen LogP contribution in [0.15, 0.2) is 60.7 Å². The number of halogens is 4. The van der Waals surface area contributed by atoms with Gasteiger partial charge in [0.15, 0.2) is 0 Å². The van der Waals surface area contributed by atoms with Crippen LogP contribution in [0.3, 0.4) is 0 Å². The summed E-state index contributed by atoms with van der Waals surface area (Å²) >= 11 is 12.2. The third kappa shape index (κ3) is 5.49. The van der Waals surface area contributed by atoms with Crippen LogP contribution in [0.4, 0.5) is 14.5 Å². The number of nitriles is 2. The highest BCUT2D eigenvalue weighted by atomic mass is 35.5. The summed E-state index contributed by atoms with van der Waals surface area (Å²) in [5.74, 6) is -3.27. The van der Waals surface area contributed by atoms with Gasteiger partial charge in [-0.1, -0.05) is 68.2 Å². The molecule has 9 heteroatoms. The molecule has 3 aromatic carbocycles. The maximum atomic E-state index is 15.7. The molecule has 0 spiro atoms. The average molecular weight is 567 g/mol. The number of nitrogens with zero attached hydrogens (tertiary/aromatic N) is 2. The molecule has 1 aliphatic rings. The summed E-state index contributed by atoms with van der Waals surface area (Å²) in [5, 5.41) is 26.1. The maximum absolute atomic E-state index is 15.7. The predicted octanol–water partition coefficient (Wildman–Crippen LogP) is 7.10. The highest BCUT2D eigenvalue weighted by Crippen LogP contribution is 2.52. The van der Waals surface area contributed by atoms with Crippen LogP contribution in [0.1, 0.15) is 49.8 Å². The number of carbonyl (C=O) groups is 1. The van der Waals surface area contributed by atoms with Crippen LogP contribution in [-0.2, 0) is 10.2 Å². The number of amides is 1. The van der Waals surface area contributed by atoms with Gasteiger partial charge >= 0.3 is 0 Å². The van der Waals surface area contributed by atoms with Gasteiger partial charge in [0.05, 0.1) is 28.8 Å². The van der Waals surface area contributed by atoms with Gasteiger partial charge in [-0.2, -0.15) is 10.5 Å². The smallest absolute Gasteiger partial charge is 0.242 e. The Morgan fingerprint density at radius 1 is 1.08 bits per heavy atom. The summed E-state index contributed by atoms with van der Waals surface area (Å²) in [6.07, 6.45) is 0.356. The summed E-state index contributed by atoms with van der Waals surface area (Å²) in [6, 6.07) is 17.1. The molecule has 39 heavy (non-hydrogen) atoms. The van der Waals surface area contributed by atoms with Crippen LogP contribution < -0.4 is 10.6 Å². The highest BCUT2D eigenvalue weighted by Gasteiger charge is 2.61. The molecule has 2 N–H and O–H groups in total. The molecule has 0 aliphatic carbocycles. The first-order valence-corrected chi connectivity index (χ1v) is 13.0. The first-order valence-electron chi connectivity index (χ1n) is 12.3. The Hall–Kier alpha value is -3.49. The van der Waals surface area contributed by atoms with Crippen molar-refractivity contribution < 1.29 is 13.6 Å². The molecule has 4 rings (SSSR count). The lowest BCUT2D eigenvalue weighted by Gasteiger charge is -2.37. The van der Waals surface area contributed by atoms with Crippen molar-refractivity contribution in [3.05, 3.63) is 99.0 Å². The van der Waals surface area contributed by atoms with E-state index in [1.165, 1.54) is 36.4 Å². The van der Waals surface area contributed by atoms with Crippen LogP contribution in [0, 0.1) is 39.7 Å². The first-order chi connectivity index (χ1) is 18.4. The molecule has 1 saturated heterocycles. The lowest BCUT2D eigenvalue weighted by molar-refractivity contribution is -0.118. The van der Waals surface area contributed by atoms with Crippen LogP contribution in [0.25, 0.3) is 0 Å². The largest absolute Gasteiger partial charge is 0.325 e. The van der Waals surface area contributed by atoms with E-state index in [9.17, 15) is 15.3 Å². The molecule has 4 unspecified atom stereocenters. The lowest BCUT2D eigenvalue weighted by Crippen LogP contribution is -2.45. The summed E-state index contributed by atoms with van der Waals surface area (Å²) < 4.78 is 31.3. The molecule has 0 bridgehead atoms. The number of benzene rings is 3. The van der Waals surface area contributed by atoms with Crippen molar-refractivity contribution in [3.63, 3.8) is 0 Å². The molecule has 4 atom stereocenters. The number of nitrogens with one attached hydrogen (secondary N) is 2. The van der Waals surface area contributed by atoms with E-state index in [4.69, 9.17) is 23.2 Å². The summed E-state index contributed by atoms with van der Waals surface area (Å²) in [5.41, 5.74) is -1.37. The Labute approximate surface area is 236 Å². The van der Waals surface area contributed by atoms with Gasteiger partial charge < -0.3 is 10.6 Å². The van der Waals surface area contributed by atoms with Gasteiger partial charge in [0, 0.05) is 28.2 Å². The fourth-order valence-electron chi connectivity index (χ4n) is 5.44. The maximum Gasteiger partial charge on any atom is 0.242 e. The van der Waals surface area contributed by atoms with E-state index in [0.717, 1.165) is 6.07 Å². The van der Waals surface area contributed by atoms with Gasteiger partial charge in [-0.05, 0) is 53.8 Å². The molecule has 0 aromatic heterocycles. The van der Waals surface area contributed by atoms with Crippen LogP contribution in [0.2, 0.25) is 10.0 Å². The molecule has 5 nitrogen and oxygen atoms in total. The van der Waals surface area contributed by atoms with Crippen LogP contribution >= 0.6 is 23.2 Å². The Morgan fingerprint density at radius 2 is 1.79 bits per heavy atom. The predicted molar refractivity (Wildman–Crippen MR) is 147 cm³/mol. The third-order valence-electron chi connectivity index (χ3n) is 6.99. The van der Waals surface area contributed by atoms with Crippen molar-refractivity contribution in [1.29, 1.82) is 10.5 Å². The molecule has 1 aliphatic heterocycles. The SMILES string of the molecule is CC(C)(C)CC1NC(C(=O)Nc2cccc(C#N)c2)C(c2cccc(Cl)c2F)C1(C#N)c1ccc(Cl)cc1F. The molecular weight excluding hydrogens is 541 g/mol. The Bertz CT molecular complexity index is 1510. The molecule has 1 amide bonds. The van der Waals surface area contributed by atoms with E-state index < -0.39 is 41.0 Å². The van der Waals surface area contributed by atoms with E-state index in [0.29, 0.717) is 17.7 Å². The minimum absolute atomic E-state index is 0.00213. The Morgan fingerprint density at radius 3 is 2.44 bits per heavy atom. The van der Waals surface area contributed by atoms with Crippen molar-refractivity contribution in [3.8, 4) is 12.1 Å². The first kappa shape index (κ1) is 28.5.